The number of rotatable bonds is 4. The van der Waals surface area contributed by atoms with E-state index in [1.807, 2.05) is 0 Å². The summed E-state index contributed by atoms with van der Waals surface area (Å²) in [7, 11) is 0. The molecule has 4 heteroatoms. The Labute approximate surface area is 65.5 Å². The highest BCUT2D eigenvalue weighted by Crippen LogP contribution is 2.00. The molecule has 0 amide bonds. The minimum absolute atomic E-state index is 0.215. The monoisotopic (exact) mass is 159 g/mol. The van der Waals surface area contributed by atoms with Crippen molar-refractivity contribution in [2.75, 3.05) is 0 Å². The van der Waals surface area contributed by atoms with Crippen LogP contribution in [0.25, 0.3) is 0 Å². The lowest BCUT2D eigenvalue weighted by molar-refractivity contribution is -0.166. The van der Waals surface area contributed by atoms with Gasteiger partial charge in [-0.1, -0.05) is 13.8 Å². The molecule has 0 bridgehead atoms. The molecule has 0 aliphatic carbocycles. The third-order valence-corrected chi connectivity index (χ3v) is 0.968. The molecule has 0 saturated heterocycles. The Balaban J connectivity index is 3.65. The summed E-state index contributed by atoms with van der Waals surface area (Å²) in [5.41, 5.74) is 0. The van der Waals surface area contributed by atoms with E-state index in [-0.39, 0.29) is 5.92 Å². The molecule has 63 valence electrons. The number of ether oxygens (including phenoxy) is 2. The SMILES string of the molecule is CC(O[C]=O)OC(=O)C(C)C. The summed E-state index contributed by atoms with van der Waals surface area (Å²) in [6.07, 6.45) is -0.845. The second-order valence-electron chi connectivity index (χ2n) is 2.36. The van der Waals surface area contributed by atoms with Crippen molar-refractivity contribution in [1.82, 2.24) is 0 Å². The second kappa shape index (κ2) is 4.71. The highest BCUT2D eigenvalue weighted by atomic mass is 16.7. The average Bonchev–Trinajstić information content (AvgIpc) is 1.87. The molecular formula is C7H11O4. The number of carbonyl (C=O) groups excluding carboxylic acids is 2. The van der Waals surface area contributed by atoms with Crippen LogP contribution in [0.1, 0.15) is 20.8 Å². The number of esters is 1. The van der Waals surface area contributed by atoms with Crippen LogP contribution < -0.4 is 0 Å². The van der Waals surface area contributed by atoms with Gasteiger partial charge >= 0.3 is 12.4 Å². The molecule has 4 nitrogen and oxygen atoms in total. The molecule has 0 N–H and O–H groups in total. The smallest absolute Gasteiger partial charge is 0.420 e. The van der Waals surface area contributed by atoms with Crippen molar-refractivity contribution < 1.29 is 19.1 Å². The largest absolute Gasteiger partial charge is 0.425 e. The van der Waals surface area contributed by atoms with E-state index in [0.717, 1.165) is 0 Å². The minimum atomic E-state index is -0.845. The van der Waals surface area contributed by atoms with Crippen LogP contribution in [0.5, 0.6) is 0 Å². The molecule has 0 fully saturated rings. The van der Waals surface area contributed by atoms with Crippen molar-refractivity contribution in [3.63, 3.8) is 0 Å². The molecule has 1 unspecified atom stereocenters. The molecule has 0 rings (SSSR count). The van der Waals surface area contributed by atoms with Crippen LogP contribution in [0, 0.1) is 5.92 Å². The summed E-state index contributed by atoms with van der Waals surface area (Å²) in [5, 5.41) is 0. The maximum atomic E-state index is 10.8. The molecule has 0 aromatic heterocycles. The first-order valence-corrected chi connectivity index (χ1v) is 3.31. The van der Waals surface area contributed by atoms with E-state index in [4.69, 9.17) is 0 Å². The number of hydrogen-bond acceptors (Lipinski definition) is 4. The zero-order valence-corrected chi connectivity index (χ0v) is 6.79. The predicted octanol–water partition coefficient (Wildman–Crippen LogP) is 0.615. The quantitative estimate of drug-likeness (QED) is 0.445. The molecule has 0 saturated carbocycles. The Hall–Kier alpha value is -1.06. The van der Waals surface area contributed by atoms with Crippen LogP contribution in [-0.4, -0.2) is 18.7 Å². The van der Waals surface area contributed by atoms with Crippen LogP contribution in [0.3, 0.4) is 0 Å². The van der Waals surface area contributed by atoms with Gasteiger partial charge in [-0.15, -0.1) is 0 Å². The van der Waals surface area contributed by atoms with Gasteiger partial charge in [0.2, 0.25) is 6.29 Å². The lowest BCUT2D eigenvalue weighted by Gasteiger charge is -2.11. The lowest BCUT2D eigenvalue weighted by Crippen LogP contribution is -2.20. The van der Waals surface area contributed by atoms with E-state index in [1.54, 1.807) is 13.8 Å². The molecule has 11 heavy (non-hydrogen) atoms. The highest BCUT2D eigenvalue weighted by molar-refractivity contribution is 5.71. The van der Waals surface area contributed by atoms with E-state index in [2.05, 4.69) is 9.47 Å². The van der Waals surface area contributed by atoms with Gasteiger partial charge in [-0.05, 0) is 0 Å². The topological polar surface area (TPSA) is 52.6 Å². The number of carbonyl (C=O) groups is 1. The van der Waals surface area contributed by atoms with Gasteiger partial charge in [0.1, 0.15) is 0 Å². The number of hydrogen-bond donors (Lipinski definition) is 0. The molecule has 0 aromatic carbocycles. The molecule has 0 heterocycles. The van der Waals surface area contributed by atoms with Crippen molar-refractivity contribution in [2.45, 2.75) is 27.1 Å². The highest BCUT2D eigenvalue weighted by Gasteiger charge is 2.12. The zero-order chi connectivity index (χ0) is 8.85. The Morgan fingerprint density at radius 3 is 2.27 bits per heavy atom. The summed E-state index contributed by atoms with van der Waals surface area (Å²) >= 11 is 0. The predicted molar refractivity (Wildman–Crippen MR) is 37.2 cm³/mol. The van der Waals surface area contributed by atoms with Gasteiger partial charge in [-0.3, -0.25) is 4.79 Å². The summed E-state index contributed by atoms with van der Waals surface area (Å²) in [6.45, 7) is 6.02. The fourth-order valence-corrected chi connectivity index (χ4v) is 0.391. The first-order valence-electron chi connectivity index (χ1n) is 3.31. The fourth-order valence-electron chi connectivity index (χ4n) is 0.391. The third-order valence-electron chi connectivity index (χ3n) is 0.968. The molecule has 0 spiro atoms. The Kier molecular flexibility index (Phi) is 4.26. The van der Waals surface area contributed by atoms with Gasteiger partial charge in [0, 0.05) is 6.92 Å². The summed E-state index contributed by atoms with van der Waals surface area (Å²) in [4.78, 5) is 20.4. The summed E-state index contributed by atoms with van der Waals surface area (Å²) in [6, 6.07) is 0. The van der Waals surface area contributed by atoms with E-state index in [1.165, 1.54) is 13.4 Å². The minimum Gasteiger partial charge on any atom is -0.425 e. The van der Waals surface area contributed by atoms with Gasteiger partial charge in [-0.2, -0.15) is 0 Å². The van der Waals surface area contributed by atoms with Crippen molar-refractivity contribution in [3.05, 3.63) is 0 Å². The Morgan fingerprint density at radius 2 is 1.91 bits per heavy atom. The Morgan fingerprint density at radius 1 is 1.36 bits per heavy atom. The van der Waals surface area contributed by atoms with Crippen molar-refractivity contribution in [1.29, 1.82) is 0 Å². The van der Waals surface area contributed by atoms with Gasteiger partial charge < -0.3 is 9.47 Å². The first-order chi connectivity index (χ1) is 5.07. The maximum Gasteiger partial charge on any atom is 0.420 e. The third kappa shape index (κ3) is 4.36. The van der Waals surface area contributed by atoms with E-state index >= 15 is 0 Å². The summed E-state index contributed by atoms with van der Waals surface area (Å²) in [5.74, 6) is -0.611. The molecular weight excluding hydrogens is 148 g/mol. The van der Waals surface area contributed by atoms with Gasteiger partial charge in [0.05, 0.1) is 5.92 Å². The van der Waals surface area contributed by atoms with Crippen molar-refractivity contribution >= 4 is 12.4 Å². The maximum absolute atomic E-state index is 10.8. The molecule has 0 aromatic rings. The van der Waals surface area contributed by atoms with Crippen molar-refractivity contribution in [3.8, 4) is 0 Å². The first kappa shape index (κ1) is 9.94. The van der Waals surface area contributed by atoms with E-state index < -0.39 is 12.3 Å². The average molecular weight is 159 g/mol. The van der Waals surface area contributed by atoms with Gasteiger partial charge in [-0.25, -0.2) is 4.79 Å². The van der Waals surface area contributed by atoms with Crippen molar-refractivity contribution in [2.24, 2.45) is 5.92 Å². The van der Waals surface area contributed by atoms with Crippen LogP contribution in [0.2, 0.25) is 0 Å². The second-order valence-corrected chi connectivity index (χ2v) is 2.36. The van der Waals surface area contributed by atoms with Crippen LogP contribution in [-0.2, 0) is 19.1 Å². The molecule has 1 atom stereocenters. The Bertz CT molecular complexity index is 141. The normalized spacial score (nSPS) is 12.4. The van der Waals surface area contributed by atoms with Crippen LogP contribution >= 0.6 is 0 Å². The van der Waals surface area contributed by atoms with Gasteiger partial charge in [0.15, 0.2) is 0 Å². The van der Waals surface area contributed by atoms with Crippen LogP contribution in [0.15, 0.2) is 0 Å². The molecule has 1 radical (unpaired) electrons. The lowest BCUT2D eigenvalue weighted by atomic mass is 10.2. The van der Waals surface area contributed by atoms with E-state index in [0.29, 0.717) is 0 Å². The van der Waals surface area contributed by atoms with Crippen LogP contribution in [0.4, 0.5) is 0 Å². The van der Waals surface area contributed by atoms with E-state index in [9.17, 15) is 9.59 Å². The fraction of sp³-hybridized carbons (Fsp3) is 0.714. The molecule has 0 aliphatic heterocycles. The molecule has 0 aliphatic rings. The summed E-state index contributed by atoms with van der Waals surface area (Å²) < 4.78 is 8.84. The standard InChI is InChI=1S/C7H11O4/c1-5(2)7(9)11-6(3)10-4-8/h5-6H,1-3H3. The zero-order valence-electron chi connectivity index (χ0n) is 6.79. The van der Waals surface area contributed by atoms with Gasteiger partial charge in [0.25, 0.3) is 0 Å².